The highest BCUT2D eigenvalue weighted by Crippen LogP contribution is 2.51. The van der Waals surface area contributed by atoms with Gasteiger partial charge < -0.3 is 0 Å². The quantitative estimate of drug-likeness (QED) is 0.180. The van der Waals surface area contributed by atoms with Gasteiger partial charge in [0, 0.05) is 26.1 Å². The van der Waals surface area contributed by atoms with Crippen molar-refractivity contribution in [2.24, 2.45) is 0 Å². The Kier molecular flexibility index (Phi) is 5.03. The zero-order valence-corrected chi connectivity index (χ0v) is 24.7. The van der Waals surface area contributed by atoms with E-state index in [9.17, 15) is 0 Å². The van der Waals surface area contributed by atoms with E-state index in [4.69, 9.17) is 0 Å². The Hall–Kier alpha value is -5.24. The number of fused-ring (bicyclic) bond motifs is 12. The van der Waals surface area contributed by atoms with Crippen LogP contribution in [-0.2, 0) is 0 Å². The molecule has 1 aromatic heterocycles. The fourth-order valence-electron chi connectivity index (χ4n) is 7.86. The highest BCUT2D eigenvalue weighted by Gasteiger charge is 2.31. The Morgan fingerprint density at radius 1 is 0.318 bits per heavy atom. The molecule has 0 fully saturated rings. The minimum Gasteiger partial charge on any atom is -0.134 e. The zero-order valence-electron chi connectivity index (χ0n) is 23.9. The smallest absolute Gasteiger partial charge is 0.0433 e. The molecular formula is C43H26S. The molecule has 9 aromatic rings. The van der Waals surface area contributed by atoms with E-state index in [2.05, 4.69) is 152 Å². The second-order valence-corrected chi connectivity index (χ2v) is 13.0. The first kappa shape index (κ1) is 24.2. The van der Waals surface area contributed by atoms with Crippen LogP contribution in [0.5, 0.6) is 0 Å². The van der Waals surface area contributed by atoms with Crippen molar-refractivity contribution >= 4 is 63.8 Å². The predicted molar refractivity (Wildman–Crippen MR) is 190 cm³/mol. The third kappa shape index (κ3) is 3.28. The summed E-state index contributed by atoms with van der Waals surface area (Å²) in [6.07, 6.45) is 0. The molecule has 10 rings (SSSR count). The second-order valence-electron chi connectivity index (χ2n) is 12.0. The summed E-state index contributed by atoms with van der Waals surface area (Å²) >= 11 is 1.96. The second kappa shape index (κ2) is 9.13. The van der Waals surface area contributed by atoms with Crippen molar-refractivity contribution in [2.75, 3.05) is 0 Å². The van der Waals surface area contributed by atoms with Crippen molar-refractivity contribution in [3.8, 4) is 22.3 Å². The molecule has 0 radical (unpaired) electrons. The lowest BCUT2D eigenvalue weighted by molar-refractivity contribution is 1.03. The molecule has 0 atom stereocenters. The summed E-state index contributed by atoms with van der Waals surface area (Å²) in [5.41, 5.74) is 9.53. The van der Waals surface area contributed by atoms with Crippen LogP contribution in [0.15, 0.2) is 152 Å². The molecule has 0 nitrogen and oxygen atoms in total. The van der Waals surface area contributed by atoms with Crippen LogP contribution < -0.4 is 0 Å². The van der Waals surface area contributed by atoms with Crippen LogP contribution in [0.25, 0.3) is 74.7 Å². The minimum atomic E-state index is 0.239. The third-order valence-corrected chi connectivity index (χ3v) is 11.1. The Balaban J connectivity index is 1.23. The monoisotopic (exact) mass is 574 g/mol. The van der Waals surface area contributed by atoms with Crippen molar-refractivity contribution in [1.82, 2.24) is 0 Å². The zero-order chi connectivity index (χ0) is 28.8. The first-order valence-corrected chi connectivity index (χ1v) is 16.1. The minimum absolute atomic E-state index is 0.239. The van der Waals surface area contributed by atoms with Crippen molar-refractivity contribution in [3.63, 3.8) is 0 Å². The van der Waals surface area contributed by atoms with Gasteiger partial charge in [0.2, 0.25) is 0 Å². The highest BCUT2D eigenvalue weighted by atomic mass is 32.1. The van der Waals surface area contributed by atoms with E-state index in [1.54, 1.807) is 0 Å². The van der Waals surface area contributed by atoms with Crippen molar-refractivity contribution in [2.45, 2.75) is 5.92 Å². The Morgan fingerprint density at radius 2 is 0.773 bits per heavy atom. The molecule has 0 spiro atoms. The van der Waals surface area contributed by atoms with Crippen LogP contribution in [0.3, 0.4) is 0 Å². The summed E-state index contributed by atoms with van der Waals surface area (Å²) in [4.78, 5) is 0. The number of thiophene rings is 1. The van der Waals surface area contributed by atoms with Crippen LogP contribution in [0.4, 0.5) is 0 Å². The number of hydrogen-bond donors (Lipinski definition) is 0. The van der Waals surface area contributed by atoms with Crippen molar-refractivity contribution in [1.29, 1.82) is 0 Å². The molecule has 1 aliphatic rings. The van der Waals surface area contributed by atoms with Gasteiger partial charge in [-0.1, -0.05) is 146 Å². The molecular weight excluding hydrogens is 549 g/mol. The van der Waals surface area contributed by atoms with Gasteiger partial charge in [-0.2, -0.15) is 0 Å². The maximum atomic E-state index is 2.42. The molecule has 8 aromatic carbocycles. The average Bonchev–Trinajstić information content (AvgIpc) is 3.64. The van der Waals surface area contributed by atoms with Crippen LogP contribution in [0.2, 0.25) is 0 Å². The fraction of sp³-hybridized carbons (Fsp3) is 0.0233. The number of rotatable bonds is 2. The lowest BCUT2D eigenvalue weighted by atomic mass is 9.88. The molecule has 0 saturated heterocycles. The van der Waals surface area contributed by atoms with E-state index >= 15 is 0 Å². The number of hydrogen-bond acceptors (Lipinski definition) is 1. The summed E-state index contributed by atoms with van der Waals surface area (Å²) in [6, 6.07) is 56.4. The maximum absolute atomic E-state index is 2.42. The standard InChI is InChI=1S/C43H26S/c1-2-13-30-28(11-1)29-12-3-4-16-33(29)40-25-26(23-24-34(30)40)27-19-9-20-37-38-21-10-22-39(43(38)44-42(27)37)41-35-17-7-5-14-31(35)32-15-6-8-18-36(32)41/h1-25,41H. The lowest BCUT2D eigenvalue weighted by Gasteiger charge is -2.15. The third-order valence-electron chi connectivity index (χ3n) is 9.75. The van der Waals surface area contributed by atoms with Crippen molar-refractivity contribution < 1.29 is 0 Å². The van der Waals surface area contributed by atoms with E-state index < -0.39 is 0 Å². The van der Waals surface area contributed by atoms with Gasteiger partial charge in [0.05, 0.1) is 0 Å². The van der Waals surface area contributed by atoms with E-state index in [-0.39, 0.29) is 5.92 Å². The SMILES string of the molecule is c1ccc2c(c1)-c1ccccc1C2c1cccc2c1sc1c(-c3ccc4c5ccccc5c5ccccc5c4c3)cccc12. The Labute approximate surface area is 259 Å². The van der Waals surface area contributed by atoms with Gasteiger partial charge in [-0.05, 0) is 77.3 Å². The normalized spacial score (nSPS) is 12.9. The van der Waals surface area contributed by atoms with E-state index in [1.165, 1.54) is 91.4 Å². The molecule has 1 heteroatoms. The summed E-state index contributed by atoms with van der Waals surface area (Å²) in [5.74, 6) is 0.239. The van der Waals surface area contributed by atoms with E-state index in [0.717, 1.165) is 0 Å². The van der Waals surface area contributed by atoms with Crippen LogP contribution in [0, 0.1) is 0 Å². The molecule has 0 unspecified atom stereocenters. The van der Waals surface area contributed by atoms with Gasteiger partial charge in [-0.3, -0.25) is 0 Å². The summed E-state index contributed by atoms with van der Waals surface area (Å²) in [6.45, 7) is 0. The first-order valence-electron chi connectivity index (χ1n) is 15.3. The Bertz CT molecular complexity index is 2540. The van der Waals surface area contributed by atoms with Gasteiger partial charge in [0.25, 0.3) is 0 Å². The molecule has 204 valence electrons. The molecule has 44 heavy (non-hydrogen) atoms. The summed E-state index contributed by atoms with van der Waals surface area (Å²) in [5, 5.41) is 10.6. The maximum Gasteiger partial charge on any atom is 0.0433 e. The highest BCUT2D eigenvalue weighted by molar-refractivity contribution is 7.26. The molecule has 1 aliphatic carbocycles. The lowest BCUT2D eigenvalue weighted by Crippen LogP contribution is -1.99. The molecule has 0 N–H and O–H groups in total. The van der Waals surface area contributed by atoms with Gasteiger partial charge in [0.15, 0.2) is 0 Å². The van der Waals surface area contributed by atoms with Crippen molar-refractivity contribution in [3.05, 3.63) is 168 Å². The molecule has 1 heterocycles. The van der Waals surface area contributed by atoms with E-state index in [0.29, 0.717) is 0 Å². The number of benzene rings is 8. The molecule has 0 saturated carbocycles. The molecule has 0 amide bonds. The first-order chi connectivity index (χ1) is 21.8. The largest absolute Gasteiger partial charge is 0.134 e. The molecule has 0 aliphatic heterocycles. The van der Waals surface area contributed by atoms with Gasteiger partial charge in [-0.25, -0.2) is 0 Å². The fourth-order valence-corrected chi connectivity index (χ4v) is 9.24. The summed E-state index contributed by atoms with van der Waals surface area (Å²) < 4.78 is 2.75. The van der Waals surface area contributed by atoms with E-state index in [1.807, 2.05) is 11.3 Å². The Morgan fingerprint density at radius 3 is 1.43 bits per heavy atom. The van der Waals surface area contributed by atoms with Gasteiger partial charge >= 0.3 is 0 Å². The topological polar surface area (TPSA) is 0 Å². The van der Waals surface area contributed by atoms with Crippen LogP contribution >= 0.6 is 11.3 Å². The van der Waals surface area contributed by atoms with Gasteiger partial charge in [0.1, 0.15) is 0 Å². The van der Waals surface area contributed by atoms with Gasteiger partial charge in [-0.15, -0.1) is 11.3 Å². The predicted octanol–water partition coefficient (Wildman–Crippen LogP) is 12.3. The van der Waals surface area contributed by atoms with Crippen LogP contribution in [0.1, 0.15) is 22.6 Å². The average molecular weight is 575 g/mol. The summed E-state index contributed by atoms with van der Waals surface area (Å²) in [7, 11) is 0. The molecule has 0 bridgehead atoms. The van der Waals surface area contributed by atoms with Crippen LogP contribution in [-0.4, -0.2) is 0 Å².